The van der Waals surface area contributed by atoms with E-state index in [1.807, 2.05) is 6.92 Å². The quantitative estimate of drug-likeness (QED) is 0.463. The van der Waals surface area contributed by atoms with Crippen molar-refractivity contribution in [2.24, 2.45) is 0 Å². The second kappa shape index (κ2) is 9.55. The van der Waals surface area contributed by atoms with Crippen molar-refractivity contribution in [2.75, 3.05) is 11.9 Å². The smallest absolute Gasteiger partial charge is 0.326 e. The van der Waals surface area contributed by atoms with Gasteiger partial charge in [0, 0.05) is 11.7 Å². The molecule has 0 aliphatic carbocycles. The van der Waals surface area contributed by atoms with Crippen molar-refractivity contribution in [1.82, 2.24) is 10.6 Å². The molecule has 1 rings (SSSR count). The maximum absolute atomic E-state index is 12.1. The Kier molecular flexibility index (Phi) is 7.75. The summed E-state index contributed by atoms with van der Waals surface area (Å²) in [5.74, 6) is -0.847. The van der Waals surface area contributed by atoms with Crippen molar-refractivity contribution in [1.29, 1.82) is 5.26 Å². The summed E-state index contributed by atoms with van der Waals surface area (Å²) >= 11 is 5.91. The Morgan fingerprint density at radius 1 is 1.38 bits per heavy atom. The molecule has 1 aromatic carbocycles. The number of nitrogens with one attached hydrogen (secondary N) is 3. The van der Waals surface area contributed by atoms with Crippen LogP contribution < -0.4 is 16.0 Å². The van der Waals surface area contributed by atoms with Crippen LogP contribution in [0.25, 0.3) is 0 Å². The van der Waals surface area contributed by atoms with Crippen LogP contribution in [0.4, 0.5) is 10.5 Å². The van der Waals surface area contributed by atoms with E-state index in [9.17, 15) is 9.59 Å². The molecule has 0 saturated heterocycles. The predicted octanol–water partition coefficient (Wildman–Crippen LogP) is 2.15. The van der Waals surface area contributed by atoms with E-state index in [1.165, 1.54) is 6.92 Å². The van der Waals surface area contributed by atoms with Gasteiger partial charge < -0.3 is 15.7 Å². The number of hydrogen-bond acceptors (Lipinski definition) is 5. The van der Waals surface area contributed by atoms with Crippen LogP contribution >= 0.6 is 11.6 Å². The number of urea groups is 1. The Morgan fingerprint density at radius 2 is 2.04 bits per heavy atom. The summed E-state index contributed by atoms with van der Waals surface area (Å²) in [6.07, 6.45) is 0.612. The topological polar surface area (TPSA) is 114 Å². The minimum absolute atomic E-state index is 0.138. The Bertz CT molecular complexity index is 678. The zero-order chi connectivity index (χ0) is 18.1. The molecule has 0 aliphatic rings. The molecule has 0 saturated carbocycles. The molecule has 1 atom stereocenters. The van der Waals surface area contributed by atoms with Gasteiger partial charge in [-0.25, -0.2) is 4.79 Å². The van der Waals surface area contributed by atoms with Gasteiger partial charge in [-0.05, 0) is 25.5 Å². The van der Waals surface area contributed by atoms with Gasteiger partial charge in [0.1, 0.15) is 11.6 Å². The van der Waals surface area contributed by atoms with Gasteiger partial charge in [-0.2, -0.15) is 5.26 Å². The van der Waals surface area contributed by atoms with Gasteiger partial charge >= 0.3 is 6.03 Å². The summed E-state index contributed by atoms with van der Waals surface area (Å²) in [6.45, 7) is 3.24. The fraction of sp³-hybridized carbons (Fsp3) is 0.312. The van der Waals surface area contributed by atoms with E-state index in [1.54, 1.807) is 30.3 Å². The Morgan fingerprint density at radius 3 is 2.58 bits per heavy atom. The van der Waals surface area contributed by atoms with Gasteiger partial charge in [0.15, 0.2) is 0 Å². The zero-order valence-corrected chi connectivity index (χ0v) is 14.1. The second-order valence-corrected chi connectivity index (χ2v) is 5.34. The molecule has 0 heterocycles. The number of aliphatic hydroxyl groups is 1. The van der Waals surface area contributed by atoms with Gasteiger partial charge in [0.2, 0.25) is 0 Å². The first-order chi connectivity index (χ1) is 11.4. The van der Waals surface area contributed by atoms with E-state index in [0.717, 1.165) is 0 Å². The average molecular weight is 351 g/mol. The summed E-state index contributed by atoms with van der Waals surface area (Å²) in [5.41, 5.74) is 0.380. The SMILES string of the molecule is CC[C@H](CO)N/C(C)=C(\C#N)C(=O)NC(=O)Nc1ccccc1Cl. The van der Waals surface area contributed by atoms with E-state index in [0.29, 0.717) is 17.1 Å². The lowest BCUT2D eigenvalue weighted by Crippen LogP contribution is -2.37. The van der Waals surface area contributed by atoms with E-state index in [2.05, 4.69) is 16.0 Å². The molecule has 7 nitrogen and oxygen atoms in total. The minimum atomic E-state index is -0.847. The number of nitrogens with zero attached hydrogens (tertiary/aromatic N) is 1. The predicted molar refractivity (Wildman–Crippen MR) is 91.2 cm³/mol. The van der Waals surface area contributed by atoms with Gasteiger partial charge in [0.05, 0.1) is 17.3 Å². The van der Waals surface area contributed by atoms with Crippen molar-refractivity contribution in [3.05, 3.63) is 40.6 Å². The molecule has 1 aromatic rings. The van der Waals surface area contributed by atoms with Crippen molar-refractivity contribution < 1.29 is 14.7 Å². The largest absolute Gasteiger partial charge is 0.394 e. The fourth-order valence-corrected chi connectivity index (χ4v) is 2.02. The summed E-state index contributed by atoms with van der Waals surface area (Å²) < 4.78 is 0. The number of carbonyl (C=O) groups excluding carboxylic acids is 2. The zero-order valence-electron chi connectivity index (χ0n) is 13.4. The third-order valence-electron chi connectivity index (χ3n) is 3.20. The maximum atomic E-state index is 12.1. The van der Waals surface area contributed by atoms with Crippen molar-refractivity contribution in [2.45, 2.75) is 26.3 Å². The van der Waals surface area contributed by atoms with Gasteiger partial charge in [0.25, 0.3) is 5.91 Å². The monoisotopic (exact) mass is 350 g/mol. The van der Waals surface area contributed by atoms with Crippen LogP contribution in [0, 0.1) is 11.3 Å². The molecular formula is C16H19ClN4O3. The molecule has 0 bridgehead atoms. The number of aliphatic hydroxyl groups excluding tert-OH is 1. The van der Waals surface area contributed by atoms with Crippen molar-refractivity contribution >= 4 is 29.2 Å². The standard InChI is InChI=1S/C16H19ClN4O3/c1-3-11(9-22)19-10(2)12(8-18)15(23)21-16(24)20-14-7-5-4-6-13(14)17/h4-7,11,19,22H,3,9H2,1-2H3,(H2,20,21,23,24)/b12-10+/t11-/m1/s1. The van der Waals surface area contributed by atoms with Crippen LogP contribution in [-0.2, 0) is 4.79 Å². The van der Waals surface area contributed by atoms with Crippen molar-refractivity contribution in [3.63, 3.8) is 0 Å². The highest BCUT2D eigenvalue weighted by molar-refractivity contribution is 6.33. The molecule has 0 unspecified atom stereocenters. The first-order valence-corrected chi connectivity index (χ1v) is 7.65. The number of nitriles is 1. The van der Waals surface area contributed by atoms with E-state index in [4.69, 9.17) is 22.0 Å². The normalized spacial score (nSPS) is 12.5. The number of allylic oxidation sites excluding steroid dienone is 1. The van der Waals surface area contributed by atoms with E-state index in [-0.39, 0.29) is 23.9 Å². The second-order valence-electron chi connectivity index (χ2n) is 4.93. The summed E-state index contributed by atoms with van der Waals surface area (Å²) in [5, 5.41) is 26.0. The number of halogens is 1. The lowest BCUT2D eigenvalue weighted by Gasteiger charge is -2.17. The van der Waals surface area contributed by atoms with E-state index >= 15 is 0 Å². The lowest BCUT2D eigenvalue weighted by molar-refractivity contribution is -0.116. The molecule has 24 heavy (non-hydrogen) atoms. The average Bonchev–Trinajstić information content (AvgIpc) is 2.55. The molecule has 0 aliphatic heterocycles. The summed E-state index contributed by atoms with van der Waals surface area (Å²) in [7, 11) is 0. The number of imide groups is 1. The lowest BCUT2D eigenvalue weighted by atomic mass is 10.1. The van der Waals surface area contributed by atoms with Crippen LogP contribution in [-0.4, -0.2) is 29.7 Å². The van der Waals surface area contributed by atoms with Crippen LogP contribution in [0.2, 0.25) is 5.02 Å². The van der Waals surface area contributed by atoms with Crippen LogP contribution in [0.3, 0.4) is 0 Å². The van der Waals surface area contributed by atoms with Crippen LogP contribution in [0.5, 0.6) is 0 Å². The van der Waals surface area contributed by atoms with Crippen molar-refractivity contribution in [3.8, 4) is 6.07 Å². The van der Waals surface area contributed by atoms with Gasteiger partial charge in [-0.1, -0.05) is 30.7 Å². The first kappa shape index (κ1) is 19.5. The molecule has 128 valence electrons. The molecule has 8 heteroatoms. The number of rotatable bonds is 6. The Hall–Kier alpha value is -2.56. The highest BCUT2D eigenvalue weighted by atomic mass is 35.5. The highest BCUT2D eigenvalue weighted by Crippen LogP contribution is 2.20. The highest BCUT2D eigenvalue weighted by Gasteiger charge is 2.17. The minimum Gasteiger partial charge on any atom is -0.394 e. The summed E-state index contributed by atoms with van der Waals surface area (Å²) in [4.78, 5) is 23.9. The molecule has 0 radical (unpaired) electrons. The number of benzene rings is 1. The molecular weight excluding hydrogens is 332 g/mol. The van der Waals surface area contributed by atoms with E-state index < -0.39 is 11.9 Å². The number of anilines is 1. The number of hydrogen-bond donors (Lipinski definition) is 4. The molecule has 3 amide bonds. The third-order valence-corrected chi connectivity index (χ3v) is 3.53. The van der Waals surface area contributed by atoms with Crippen LogP contribution in [0.15, 0.2) is 35.5 Å². The molecule has 0 spiro atoms. The van der Waals surface area contributed by atoms with Gasteiger partial charge in [-0.15, -0.1) is 0 Å². The number of para-hydroxylation sites is 1. The molecule has 0 aromatic heterocycles. The third kappa shape index (κ3) is 5.57. The van der Waals surface area contributed by atoms with Crippen LogP contribution in [0.1, 0.15) is 20.3 Å². The fourth-order valence-electron chi connectivity index (χ4n) is 1.84. The number of amides is 3. The first-order valence-electron chi connectivity index (χ1n) is 7.28. The van der Waals surface area contributed by atoms with Gasteiger partial charge in [-0.3, -0.25) is 10.1 Å². The number of carbonyl (C=O) groups is 2. The summed E-state index contributed by atoms with van der Waals surface area (Å²) in [6, 6.07) is 7.22. The molecule has 4 N–H and O–H groups in total. The Labute approximate surface area is 145 Å². The molecule has 0 fully saturated rings. The Balaban J connectivity index is 2.78. The maximum Gasteiger partial charge on any atom is 0.326 e.